The molecular weight excluding hydrogens is 296 g/mol. The average molecular weight is 308 g/mol. The van der Waals surface area contributed by atoms with Crippen molar-refractivity contribution >= 4 is 23.2 Å². The van der Waals surface area contributed by atoms with E-state index in [0.29, 0.717) is 11.3 Å². The van der Waals surface area contributed by atoms with Crippen LogP contribution in [0.2, 0.25) is 0 Å². The maximum Gasteiger partial charge on any atom is 0.186 e. The zero-order valence-corrected chi connectivity index (χ0v) is 12.3. The summed E-state index contributed by atoms with van der Waals surface area (Å²) in [7, 11) is 0. The van der Waals surface area contributed by atoms with E-state index in [1.165, 1.54) is 29.5 Å². The Morgan fingerprint density at radius 3 is 2.86 bits per heavy atom. The second-order valence-corrected chi connectivity index (χ2v) is 5.40. The van der Waals surface area contributed by atoms with Gasteiger partial charge in [0.1, 0.15) is 10.8 Å². The predicted octanol–water partition coefficient (Wildman–Crippen LogP) is 3.81. The quantitative estimate of drug-likeness (QED) is 0.588. The van der Waals surface area contributed by atoms with Gasteiger partial charge in [-0.25, -0.2) is 4.98 Å². The number of carbonyl (C=O) groups excluding carboxylic acids is 1. The number of hydrogen-bond donors (Lipinski definition) is 1. The predicted molar refractivity (Wildman–Crippen MR) is 86.8 cm³/mol. The van der Waals surface area contributed by atoms with Gasteiger partial charge < -0.3 is 5.11 Å². The van der Waals surface area contributed by atoms with Crippen molar-refractivity contribution in [2.45, 2.75) is 0 Å². The number of phenolic OH excluding ortho intramolecular Hbond substituents is 1. The molecule has 0 unspecified atom stereocenters. The Morgan fingerprint density at radius 1 is 1.18 bits per heavy atom. The largest absolute Gasteiger partial charge is 0.508 e. The molecule has 4 nitrogen and oxygen atoms in total. The van der Waals surface area contributed by atoms with Gasteiger partial charge in [0, 0.05) is 17.1 Å². The Hall–Kier alpha value is -2.79. The molecule has 2 heterocycles. The van der Waals surface area contributed by atoms with Crippen LogP contribution in [0.25, 0.3) is 16.8 Å². The Kier molecular flexibility index (Phi) is 4.07. The number of phenols is 1. The first-order chi connectivity index (χ1) is 10.7. The number of thiazole rings is 1. The molecule has 0 saturated heterocycles. The van der Waals surface area contributed by atoms with Gasteiger partial charge in [0.25, 0.3) is 0 Å². The Labute approximate surface area is 131 Å². The van der Waals surface area contributed by atoms with Gasteiger partial charge in [-0.3, -0.25) is 9.78 Å². The molecule has 1 N–H and O–H groups in total. The molecule has 5 heteroatoms. The van der Waals surface area contributed by atoms with Gasteiger partial charge in [0.15, 0.2) is 5.78 Å². The maximum absolute atomic E-state index is 12.0. The highest BCUT2D eigenvalue weighted by Crippen LogP contribution is 2.22. The van der Waals surface area contributed by atoms with E-state index in [1.54, 1.807) is 24.4 Å². The summed E-state index contributed by atoms with van der Waals surface area (Å²) in [5.41, 5.74) is 1.96. The van der Waals surface area contributed by atoms with E-state index in [2.05, 4.69) is 9.97 Å². The highest BCUT2D eigenvalue weighted by Gasteiger charge is 2.05. The second kappa shape index (κ2) is 6.32. The van der Waals surface area contributed by atoms with E-state index in [1.807, 2.05) is 23.6 Å². The second-order valence-electron chi connectivity index (χ2n) is 4.54. The van der Waals surface area contributed by atoms with Crippen molar-refractivity contribution < 1.29 is 9.90 Å². The van der Waals surface area contributed by atoms with Crippen molar-refractivity contribution in [1.29, 1.82) is 0 Å². The number of aromatic nitrogens is 2. The zero-order valence-electron chi connectivity index (χ0n) is 11.5. The first-order valence-electron chi connectivity index (χ1n) is 6.61. The van der Waals surface area contributed by atoms with E-state index < -0.39 is 0 Å². The summed E-state index contributed by atoms with van der Waals surface area (Å²) in [6.45, 7) is 0. The summed E-state index contributed by atoms with van der Waals surface area (Å²) in [5, 5.41) is 12.1. The molecule has 0 aliphatic rings. The van der Waals surface area contributed by atoms with Crippen LogP contribution in [0.1, 0.15) is 16.1 Å². The van der Waals surface area contributed by atoms with E-state index >= 15 is 0 Å². The lowest BCUT2D eigenvalue weighted by Gasteiger charge is -1.96. The van der Waals surface area contributed by atoms with Crippen molar-refractivity contribution in [2.75, 3.05) is 0 Å². The number of carbonyl (C=O) groups is 1. The fraction of sp³-hybridized carbons (Fsp3) is 0. The van der Waals surface area contributed by atoms with Crippen molar-refractivity contribution in [3.63, 3.8) is 0 Å². The number of nitrogens with zero attached hydrogens (tertiary/aromatic N) is 2. The van der Waals surface area contributed by atoms with E-state index in [9.17, 15) is 9.90 Å². The Balaban J connectivity index is 1.76. The number of aromatic hydroxyl groups is 1. The molecule has 1 aromatic carbocycles. The summed E-state index contributed by atoms with van der Waals surface area (Å²) in [6, 6.07) is 11.9. The molecule has 0 amide bonds. The molecule has 0 atom stereocenters. The lowest BCUT2D eigenvalue weighted by Crippen LogP contribution is -1.93. The molecule has 2 aromatic heterocycles. The number of benzene rings is 1. The fourth-order valence-electron chi connectivity index (χ4n) is 1.89. The number of hydrogen-bond acceptors (Lipinski definition) is 5. The van der Waals surface area contributed by atoms with Crippen LogP contribution in [-0.4, -0.2) is 20.9 Å². The highest BCUT2D eigenvalue weighted by molar-refractivity contribution is 7.13. The van der Waals surface area contributed by atoms with Crippen LogP contribution in [0.4, 0.5) is 0 Å². The molecule has 0 bridgehead atoms. The van der Waals surface area contributed by atoms with Crippen LogP contribution in [0, 0.1) is 0 Å². The number of rotatable bonds is 4. The molecule has 0 aliphatic heterocycles. The molecule has 0 aliphatic carbocycles. The van der Waals surface area contributed by atoms with Gasteiger partial charge in [0.2, 0.25) is 0 Å². The Bertz CT molecular complexity index is 825. The Morgan fingerprint density at radius 2 is 2.09 bits per heavy atom. The smallest absolute Gasteiger partial charge is 0.186 e. The minimum absolute atomic E-state index is 0.0744. The topological polar surface area (TPSA) is 63.1 Å². The summed E-state index contributed by atoms with van der Waals surface area (Å²) in [4.78, 5) is 20.7. The third kappa shape index (κ3) is 3.27. The van der Waals surface area contributed by atoms with E-state index in [0.717, 1.165) is 10.7 Å². The first-order valence-corrected chi connectivity index (χ1v) is 7.49. The summed E-state index contributed by atoms with van der Waals surface area (Å²) in [5.74, 6) is -0.103. The van der Waals surface area contributed by atoms with Crippen LogP contribution in [0.3, 0.4) is 0 Å². The third-order valence-corrected chi connectivity index (χ3v) is 3.83. The third-order valence-electron chi connectivity index (χ3n) is 2.94. The molecule has 22 heavy (non-hydrogen) atoms. The van der Waals surface area contributed by atoms with Crippen LogP contribution in [0.15, 0.2) is 60.1 Å². The summed E-state index contributed by atoms with van der Waals surface area (Å²) < 4.78 is 0. The lowest BCUT2D eigenvalue weighted by atomic mass is 10.1. The first kappa shape index (κ1) is 14.2. The van der Waals surface area contributed by atoms with Gasteiger partial charge in [-0.1, -0.05) is 18.2 Å². The zero-order chi connectivity index (χ0) is 15.4. The standard InChI is InChI=1S/C17H12N2O2S/c20-14-5-3-4-12(10-14)16(21)8-7-13-11-22-17(19-13)15-6-1-2-9-18-15/h1-11,20H/b8-7-. The van der Waals surface area contributed by atoms with Crippen LogP contribution in [0.5, 0.6) is 5.75 Å². The molecule has 3 rings (SSSR count). The SMILES string of the molecule is O=C(/C=C\c1csc(-c2ccccn2)n1)c1cccc(O)c1. The summed E-state index contributed by atoms with van der Waals surface area (Å²) in [6.07, 6.45) is 4.83. The fourth-order valence-corrected chi connectivity index (χ4v) is 2.65. The van der Waals surface area contributed by atoms with Crippen molar-refractivity contribution in [3.8, 4) is 16.5 Å². The van der Waals surface area contributed by atoms with Gasteiger partial charge in [0.05, 0.1) is 11.4 Å². The molecule has 0 radical (unpaired) electrons. The van der Waals surface area contributed by atoms with Gasteiger partial charge in [-0.2, -0.15) is 0 Å². The molecular formula is C17H12N2O2S. The molecule has 3 aromatic rings. The van der Waals surface area contributed by atoms with Gasteiger partial charge in [-0.15, -0.1) is 11.3 Å². The van der Waals surface area contributed by atoms with Gasteiger partial charge >= 0.3 is 0 Å². The highest BCUT2D eigenvalue weighted by atomic mass is 32.1. The molecule has 0 saturated carbocycles. The van der Waals surface area contributed by atoms with Crippen molar-refractivity contribution in [2.24, 2.45) is 0 Å². The number of ketones is 1. The molecule has 0 fully saturated rings. The minimum atomic E-state index is -0.178. The summed E-state index contributed by atoms with van der Waals surface area (Å²) >= 11 is 1.48. The van der Waals surface area contributed by atoms with E-state index in [-0.39, 0.29) is 11.5 Å². The van der Waals surface area contributed by atoms with E-state index in [4.69, 9.17) is 0 Å². The van der Waals surface area contributed by atoms with Crippen LogP contribution >= 0.6 is 11.3 Å². The van der Waals surface area contributed by atoms with Crippen molar-refractivity contribution in [1.82, 2.24) is 9.97 Å². The normalized spacial score (nSPS) is 10.9. The van der Waals surface area contributed by atoms with Crippen LogP contribution in [-0.2, 0) is 0 Å². The lowest BCUT2D eigenvalue weighted by molar-refractivity contribution is 0.104. The molecule has 108 valence electrons. The maximum atomic E-state index is 12.0. The average Bonchev–Trinajstić information content (AvgIpc) is 3.02. The monoisotopic (exact) mass is 308 g/mol. The minimum Gasteiger partial charge on any atom is -0.508 e. The molecule has 0 spiro atoms. The van der Waals surface area contributed by atoms with Crippen LogP contribution < -0.4 is 0 Å². The van der Waals surface area contributed by atoms with Crippen molar-refractivity contribution in [3.05, 3.63) is 71.4 Å². The van der Waals surface area contributed by atoms with Gasteiger partial charge in [-0.05, 0) is 36.4 Å². The number of pyridine rings is 1. The number of allylic oxidation sites excluding steroid dienone is 1.